The summed E-state index contributed by atoms with van der Waals surface area (Å²) in [5, 5.41) is 2.80. The van der Waals surface area contributed by atoms with Crippen molar-refractivity contribution in [1.29, 1.82) is 0 Å². The molecule has 0 fully saturated rings. The van der Waals surface area contributed by atoms with Gasteiger partial charge in [-0.3, -0.25) is 4.79 Å². The predicted octanol–water partition coefficient (Wildman–Crippen LogP) is 5.39. The maximum absolute atomic E-state index is 13.6. The minimum atomic E-state index is -0.468. The van der Waals surface area contributed by atoms with Crippen LogP contribution in [-0.4, -0.2) is 60.6 Å². The van der Waals surface area contributed by atoms with Crippen LogP contribution in [0, 0.1) is 12.7 Å². The van der Waals surface area contributed by atoms with Gasteiger partial charge in [0.15, 0.2) is 0 Å². The van der Waals surface area contributed by atoms with Crippen molar-refractivity contribution >= 4 is 23.6 Å². The largest absolute Gasteiger partial charge is 0.464 e. The van der Waals surface area contributed by atoms with Crippen molar-refractivity contribution in [2.75, 3.05) is 38.2 Å². The summed E-state index contributed by atoms with van der Waals surface area (Å²) in [5.74, 6) is 0.201. The summed E-state index contributed by atoms with van der Waals surface area (Å²) in [6.07, 6.45) is 0.533. The lowest BCUT2D eigenvalue weighted by Gasteiger charge is -2.27. The topological polar surface area (TPSA) is 101 Å². The highest BCUT2D eigenvalue weighted by atomic mass is 19.1. The number of furan rings is 1. The van der Waals surface area contributed by atoms with E-state index in [2.05, 4.69) is 5.32 Å². The molecule has 0 radical (unpaired) electrons. The van der Waals surface area contributed by atoms with Crippen LogP contribution >= 0.6 is 0 Å². The van der Waals surface area contributed by atoms with Crippen molar-refractivity contribution < 1.29 is 32.7 Å². The molecule has 0 aliphatic carbocycles. The first kappa shape index (κ1) is 30.4. The third-order valence-corrected chi connectivity index (χ3v) is 5.96. The number of aryl methyl sites for hydroxylation is 1. The van der Waals surface area contributed by atoms with Crippen LogP contribution in [0.3, 0.4) is 0 Å². The third kappa shape index (κ3) is 9.53. The molecule has 1 aromatic heterocycles. The van der Waals surface area contributed by atoms with Gasteiger partial charge in [0.1, 0.15) is 23.9 Å². The fourth-order valence-electron chi connectivity index (χ4n) is 3.92. The first-order chi connectivity index (χ1) is 19.3. The number of halogens is 1. The zero-order chi connectivity index (χ0) is 28.9. The van der Waals surface area contributed by atoms with E-state index in [9.17, 15) is 18.8 Å². The minimum Gasteiger partial charge on any atom is -0.464 e. The van der Waals surface area contributed by atoms with Crippen LogP contribution in [0.15, 0.2) is 65.1 Å². The van der Waals surface area contributed by atoms with Gasteiger partial charge in [-0.1, -0.05) is 12.1 Å². The molecule has 0 bridgehead atoms. The Morgan fingerprint density at radius 1 is 0.900 bits per heavy atom. The SMILES string of the molecule is CCOCCCN(CC(=O)N(Cc1ccc(F)cc1)Cc1ccc(C)o1)C(=O)Nc1ccc(C(=O)OCC)cc1. The van der Waals surface area contributed by atoms with Crippen molar-refractivity contribution in [3.05, 3.63) is 89.1 Å². The molecule has 0 atom stereocenters. The lowest BCUT2D eigenvalue weighted by molar-refractivity contribution is -0.133. The van der Waals surface area contributed by atoms with Crippen LogP contribution in [0.5, 0.6) is 0 Å². The fraction of sp³-hybridized carbons (Fsp3) is 0.367. The van der Waals surface area contributed by atoms with E-state index in [1.807, 2.05) is 19.9 Å². The van der Waals surface area contributed by atoms with Crippen molar-refractivity contribution in [3.63, 3.8) is 0 Å². The van der Waals surface area contributed by atoms with Gasteiger partial charge in [0.2, 0.25) is 5.91 Å². The number of ether oxygens (including phenoxy) is 2. The van der Waals surface area contributed by atoms with Crippen molar-refractivity contribution in [2.45, 2.75) is 40.3 Å². The second-order valence-corrected chi connectivity index (χ2v) is 9.09. The number of hydrogen-bond acceptors (Lipinski definition) is 6. The van der Waals surface area contributed by atoms with Crippen molar-refractivity contribution in [3.8, 4) is 0 Å². The van der Waals surface area contributed by atoms with E-state index < -0.39 is 12.0 Å². The number of benzene rings is 2. The summed E-state index contributed by atoms with van der Waals surface area (Å²) in [6.45, 7) is 7.17. The maximum Gasteiger partial charge on any atom is 0.338 e. The summed E-state index contributed by atoms with van der Waals surface area (Å²) in [4.78, 5) is 41.8. The highest BCUT2D eigenvalue weighted by Crippen LogP contribution is 2.16. The molecule has 1 N–H and O–H groups in total. The molecular formula is C30H36FN3O6. The molecule has 0 spiro atoms. The highest BCUT2D eigenvalue weighted by molar-refractivity contribution is 5.94. The Balaban J connectivity index is 1.75. The van der Waals surface area contributed by atoms with Crippen LogP contribution in [-0.2, 0) is 27.4 Å². The molecule has 3 aromatic rings. The quantitative estimate of drug-likeness (QED) is 0.212. The van der Waals surface area contributed by atoms with Gasteiger partial charge < -0.3 is 29.0 Å². The lowest BCUT2D eigenvalue weighted by atomic mass is 10.2. The van der Waals surface area contributed by atoms with Crippen LogP contribution in [0.25, 0.3) is 0 Å². The van der Waals surface area contributed by atoms with Gasteiger partial charge in [-0.05, 0) is 81.3 Å². The van der Waals surface area contributed by atoms with Gasteiger partial charge in [0, 0.05) is 32.0 Å². The molecule has 0 unspecified atom stereocenters. The van der Waals surface area contributed by atoms with Gasteiger partial charge >= 0.3 is 12.0 Å². The molecule has 1 heterocycles. The molecule has 40 heavy (non-hydrogen) atoms. The van der Waals surface area contributed by atoms with E-state index >= 15 is 0 Å². The Morgan fingerprint density at radius 3 is 2.25 bits per heavy atom. The molecule has 0 saturated heterocycles. The van der Waals surface area contributed by atoms with Gasteiger partial charge in [0.25, 0.3) is 0 Å². The smallest absolute Gasteiger partial charge is 0.338 e. The summed E-state index contributed by atoms with van der Waals surface area (Å²) in [5.41, 5.74) is 1.58. The number of hydrogen-bond donors (Lipinski definition) is 1. The lowest BCUT2D eigenvalue weighted by Crippen LogP contribution is -2.44. The van der Waals surface area contributed by atoms with E-state index in [0.29, 0.717) is 36.6 Å². The molecule has 0 aliphatic heterocycles. The Labute approximate surface area is 233 Å². The average molecular weight is 554 g/mol. The molecule has 10 heteroatoms. The van der Waals surface area contributed by atoms with Crippen LogP contribution in [0.2, 0.25) is 0 Å². The molecule has 9 nitrogen and oxygen atoms in total. The Kier molecular flexibility index (Phi) is 11.7. The number of carbonyl (C=O) groups is 3. The van der Waals surface area contributed by atoms with Gasteiger partial charge in [-0.15, -0.1) is 0 Å². The molecule has 0 saturated carbocycles. The Hall–Kier alpha value is -4.18. The molecule has 0 aliphatic rings. The summed E-state index contributed by atoms with van der Waals surface area (Å²) in [6, 6.07) is 15.4. The third-order valence-electron chi connectivity index (χ3n) is 5.96. The number of rotatable bonds is 14. The van der Waals surface area contributed by atoms with E-state index in [4.69, 9.17) is 13.9 Å². The predicted molar refractivity (Wildman–Crippen MR) is 148 cm³/mol. The minimum absolute atomic E-state index is 0.188. The molecule has 2 aromatic carbocycles. The Bertz CT molecular complexity index is 1240. The van der Waals surface area contributed by atoms with Crippen LogP contribution < -0.4 is 5.32 Å². The summed E-state index contributed by atoms with van der Waals surface area (Å²) < 4.78 is 29.6. The van der Waals surface area contributed by atoms with Gasteiger partial charge in [0.05, 0.1) is 18.7 Å². The number of urea groups is 1. The number of carbonyl (C=O) groups excluding carboxylic acids is 3. The number of nitrogens with zero attached hydrogens (tertiary/aromatic N) is 2. The normalized spacial score (nSPS) is 10.7. The number of nitrogens with one attached hydrogen (secondary N) is 1. The second-order valence-electron chi connectivity index (χ2n) is 9.09. The molecule has 3 rings (SSSR count). The first-order valence-corrected chi connectivity index (χ1v) is 13.3. The number of esters is 1. The summed E-state index contributed by atoms with van der Waals surface area (Å²) in [7, 11) is 0. The van der Waals surface area contributed by atoms with E-state index in [0.717, 1.165) is 11.3 Å². The molecular weight excluding hydrogens is 517 g/mol. The zero-order valence-electron chi connectivity index (χ0n) is 23.2. The highest BCUT2D eigenvalue weighted by Gasteiger charge is 2.23. The first-order valence-electron chi connectivity index (χ1n) is 13.3. The second kappa shape index (κ2) is 15.4. The van der Waals surface area contributed by atoms with Crippen LogP contribution in [0.4, 0.5) is 14.9 Å². The number of amides is 3. The number of anilines is 1. The van der Waals surface area contributed by atoms with E-state index in [1.165, 1.54) is 17.0 Å². The average Bonchev–Trinajstić information content (AvgIpc) is 3.36. The van der Waals surface area contributed by atoms with Crippen molar-refractivity contribution in [2.24, 2.45) is 0 Å². The Morgan fingerprint density at radius 2 is 1.62 bits per heavy atom. The maximum atomic E-state index is 13.6. The van der Waals surface area contributed by atoms with Crippen molar-refractivity contribution in [1.82, 2.24) is 9.80 Å². The van der Waals surface area contributed by atoms with Gasteiger partial charge in [-0.25, -0.2) is 14.0 Å². The van der Waals surface area contributed by atoms with Crippen LogP contribution in [0.1, 0.15) is 47.7 Å². The molecule has 214 valence electrons. The van der Waals surface area contributed by atoms with E-state index in [-0.39, 0.29) is 44.5 Å². The van der Waals surface area contributed by atoms with E-state index in [1.54, 1.807) is 54.3 Å². The van der Waals surface area contributed by atoms with Gasteiger partial charge in [-0.2, -0.15) is 0 Å². The molecule has 3 amide bonds. The fourth-order valence-corrected chi connectivity index (χ4v) is 3.92. The zero-order valence-corrected chi connectivity index (χ0v) is 23.2. The summed E-state index contributed by atoms with van der Waals surface area (Å²) >= 11 is 0. The monoisotopic (exact) mass is 553 g/mol. The standard InChI is InChI=1S/C30H36FN3O6/c1-4-38-18-6-17-33(30(37)32-26-14-10-24(11-15-26)29(36)39-5-2)21-28(35)34(20-27-16-7-22(3)40-27)19-23-8-12-25(31)13-9-23/h7-16H,4-6,17-21H2,1-3H3,(H,32,37).